The number of ether oxygens (including phenoxy) is 1. The van der Waals surface area contributed by atoms with Gasteiger partial charge < -0.3 is 10.1 Å². The van der Waals surface area contributed by atoms with Crippen LogP contribution < -0.4 is 5.32 Å². The van der Waals surface area contributed by atoms with Crippen molar-refractivity contribution in [2.45, 2.75) is 46.3 Å². The van der Waals surface area contributed by atoms with Crippen LogP contribution in [0.1, 0.15) is 65.2 Å². The number of carbonyl (C=O) groups excluding carboxylic acids is 4. The van der Waals surface area contributed by atoms with Gasteiger partial charge in [0.25, 0.3) is 11.8 Å². The van der Waals surface area contributed by atoms with Gasteiger partial charge in [0.2, 0.25) is 5.91 Å². The first-order valence-corrected chi connectivity index (χ1v) is 10.3. The Hall–Kier alpha value is -3.48. The van der Waals surface area contributed by atoms with E-state index in [9.17, 15) is 19.2 Å². The normalized spacial score (nSPS) is 14.1. The van der Waals surface area contributed by atoms with E-state index in [1.54, 1.807) is 62.4 Å². The summed E-state index contributed by atoms with van der Waals surface area (Å²) >= 11 is 0. The van der Waals surface area contributed by atoms with Gasteiger partial charge in [0.05, 0.1) is 22.8 Å². The molecule has 0 aromatic heterocycles. The quantitative estimate of drug-likeness (QED) is 0.540. The SMILES string of the molecule is CC(C)CC(C(=O)Nc1ccc(C(=O)OC(C)C)cc1)N1C(=O)c2ccccc2C1=O. The highest BCUT2D eigenvalue weighted by Gasteiger charge is 2.42. The number of hydrogen-bond donors (Lipinski definition) is 1. The highest BCUT2D eigenvalue weighted by Crippen LogP contribution is 2.27. The van der Waals surface area contributed by atoms with Crippen LogP contribution in [0.4, 0.5) is 5.69 Å². The number of esters is 1. The Morgan fingerprint density at radius 3 is 1.94 bits per heavy atom. The monoisotopic (exact) mass is 422 g/mol. The fourth-order valence-corrected chi connectivity index (χ4v) is 3.46. The number of amides is 3. The Morgan fingerprint density at radius 1 is 0.903 bits per heavy atom. The van der Waals surface area contributed by atoms with Gasteiger partial charge in [-0.25, -0.2) is 4.79 Å². The molecule has 1 atom stereocenters. The van der Waals surface area contributed by atoms with Crippen molar-refractivity contribution in [3.8, 4) is 0 Å². The van der Waals surface area contributed by atoms with Crippen LogP contribution in [0.2, 0.25) is 0 Å². The van der Waals surface area contributed by atoms with E-state index in [4.69, 9.17) is 4.74 Å². The standard InChI is InChI=1S/C24H26N2O5/c1-14(2)13-20(26-22(28)18-7-5-6-8-19(18)23(26)29)21(27)25-17-11-9-16(10-12-17)24(30)31-15(3)4/h5-12,14-15,20H,13H2,1-4H3,(H,25,27). The maximum atomic E-state index is 13.1. The molecule has 0 saturated carbocycles. The van der Waals surface area contributed by atoms with Crippen LogP contribution in [-0.2, 0) is 9.53 Å². The van der Waals surface area contributed by atoms with Gasteiger partial charge in [-0.1, -0.05) is 26.0 Å². The molecule has 1 aliphatic rings. The first kappa shape index (κ1) is 22.2. The summed E-state index contributed by atoms with van der Waals surface area (Å²) in [6.07, 6.45) is 0.0964. The molecule has 1 N–H and O–H groups in total. The molecule has 1 unspecified atom stereocenters. The molecule has 2 aromatic carbocycles. The molecule has 1 heterocycles. The second-order valence-electron chi connectivity index (χ2n) is 8.19. The fourth-order valence-electron chi connectivity index (χ4n) is 3.46. The number of imide groups is 1. The smallest absolute Gasteiger partial charge is 0.338 e. The Balaban J connectivity index is 1.79. The van der Waals surface area contributed by atoms with E-state index < -0.39 is 29.7 Å². The maximum absolute atomic E-state index is 13.1. The van der Waals surface area contributed by atoms with Gasteiger partial charge in [-0.2, -0.15) is 0 Å². The van der Waals surface area contributed by atoms with Crippen LogP contribution in [0.15, 0.2) is 48.5 Å². The number of rotatable bonds is 7. The third kappa shape index (κ3) is 4.82. The average molecular weight is 422 g/mol. The minimum Gasteiger partial charge on any atom is -0.459 e. The zero-order valence-corrected chi connectivity index (χ0v) is 18.0. The molecule has 2 aromatic rings. The zero-order chi connectivity index (χ0) is 22.7. The van der Waals surface area contributed by atoms with Crippen LogP contribution in [0.25, 0.3) is 0 Å². The van der Waals surface area contributed by atoms with Gasteiger partial charge in [-0.15, -0.1) is 0 Å². The fraction of sp³-hybridized carbons (Fsp3) is 0.333. The zero-order valence-electron chi connectivity index (χ0n) is 18.0. The van der Waals surface area contributed by atoms with Crippen LogP contribution in [0.5, 0.6) is 0 Å². The molecule has 0 bridgehead atoms. The number of hydrogen-bond acceptors (Lipinski definition) is 5. The second-order valence-corrected chi connectivity index (χ2v) is 8.19. The Kier molecular flexibility index (Phi) is 6.53. The van der Waals surface area contributed by atoms with Crippen LogP contribution in [0.3, 0.4) is 0 Å². The van der Waals surface area contributed by atoms with E-state index in [1.165, 1.54) is 0 Å². The van der Waals surface area contributed by atoms with E-state index in [1.807, 2.05) is 13.8 Å². The van der Waals surface area contributed by atoms with Gasteiger partial charge in [0.1, 0.15) is 6.04 Å². The van der Waals surface area contributed by atoms with E-state index in [2.05, 4.69) is 5.32 Å². The maximum Gasteiger partial charge on any atom is 0.338 e. The molecule has 7 nitrogen and oxygen atoms in total. The van der Waals surface area contributed by atoms with Crippen molar-refractivity contribution < 1.29 is 23.9 Å². The predicted octanol–water partition coefficient (Wildman–Crippen LogP) is 3.90. The third-order valence-corrected chi connectivity index (χ3v) is 4.87. The predicted molar refractivity (Wildman–Crippen MR) is 116 cm³/mol. The number of fused-ring (bicyclic) bond motifs is 1. The van der Waals surface area contributed by atoms with E-state index >= 15 is 0 Å². The van der Waals surface area contributed by atoms with Crippen molar-refractivity contribution in [2.24, 2.45) is 5.92 Å². The van der Waals surface area contributed by atoms with Crippen molar-refractivity contribution in [1.29, 1.82) is 0 Å². The minimum absolute atomic E-state index is 0.0771. The number of nitrogens with one attached hydrogen (secondary N) is 1. The number of carbonyl (C=O) groups is 4. The molecule has 0 radical (unpaired) electrons. The molecule has 0 spiro atoms. The molecule has 0 fully saturated rings. The molecule has 1 aliphatic heterocycles. The Labute approximate surface area is 181 Å². The average Bonchev–Trinajstić information content (AvgIpc) is 2.97. The molecular weight excluding hydrogens is 396 g/mol. The number of anilines is 1. The van der Waals surface area contributed by atoms with Gasteiger partial charge in [0.15, 0.2) is 0 Å². The van der Waals surface area contributed by atoms with Gasteiger partial charge >= 0.3 is 5.97 Å². The van der Waals surface area contributed by atoms with Gasteiger partial charge in [-0.3, -0.25) is 19.3 Å². The summed E-state index contributed by atoms with van der Waals surface area (Å²) < 4.78 is 5.15. The van der Waals surface area contributed by atoms with E-state index in [-0.39, 0.29) is 12.0 Å². The third-order valence-electron chi connectivity index (χ3n) is 4.87. The molecule has 3 amide bonds. The molecule has 0 aliphatic carbocycles. The Bertz CT molecular complexity index is 976. The summed E-state index contributed by atoms with van der Waals surface area (Å²) in [5, 5.41) is 2.76. The lowest BCUT2D eigenvalue weighted by atomic mass is 10.0. The summed E-state index contributed by atoms with van der Waals surface area (Å²) in [5.74, 6) is -1.76. The minimum atomic E-state index is -0.946. The molecule has 3 rings (SSSR count). The molecule has 162 valence electrons. The number of benzene rings is 2. The lowest BCUT2D eigenvalue weighted by Gasteiger charge is -2.26. The molecule has 31 heavy (non-hydrogen) atoms. The molecule has 0 saturated heterocycles. The van der Waals surface area contributed by atoms with Crippen LogP contribution >= 0.6 is 0 Å². The lowest BCUT2D eigenvalue weighted by Crippen LogP contribution is -2.47. The van der Waals surface area contributed by atoms with Crippen molar-refractivity contribution in [3.05, 3.63) is 65.2 Å². The van der Waals surface area contributed by atoms with Gasteiger partial charge in [0, 0.05) is 5.69 Å². The molecule has 7 heteroatoms. The summed E-state index contributed by atoms with van der Waals surface area (Å²) in [5.41, 5.74) is 1.44. The first-order chi connectivity index (χ1) is 14.7. The summed E-state index contributed by atoms with van der Waals surface area (Å²) in [6, 6.07) is 11.9. The van der Waals surface area contributed by atoms with E-state index in [0.29, 0.717) is 28.8 Å². The number of nitrogens with zero attached hydrogens (tertiary/aromatic N) is 1. The van der Waals surface area contributed by atoms with Crippen LogP contribution in [0, 0.1) is 5.92 Å². The van der Waals surface area contributed by atoms with Crippen molar-refractivity contribution in [1.82, 2.24) is 4.90 Å². The van der Waals surface area contributed by atoms with Crippen LogP contribution in [-0.4, -0.2) is 40.7 Å². The summed E-state index contributed by atoms with van der Waals surface area (Å²) in [6.45, 7) is 7.38. The topological polar surface area (TPSA) is 92.8 Å². The van der Waals surface area contributed by atoms with Crippen molar-refractivity contribution in [2.75, 3.05) is 5.32 Å². The second kappa shape index (κ2) is 9.12. The first-order valence-electron chi connectivity index (χ1n) is 10.3. The highest BCUT2D eigenvalue weighted by molar-refractivity contribution is 6.23. The van der Waals surface area contributed by atoms with E-state index in [0.717, 1.165) is 4.90 Å². The van der Waals surface area contributed by atoms with Crippen molar-refractivity contribution >= 4 is 29.4 Å². The lowest BCUT2D eigenvalue weighted by molar-refractivity contribution is -0.120. The van der Waals surface area contributed by atoms with Gasteiger partial charge in [-0.05, 0) is 62.6 Å². The Morgan fingerprint density at radius 2 is 1.45 bits per heavy atom. The summed E-state index contributed by atoms with van der Waals surface area (Å²) in [4.78, 5) is 51.9. The highest BCUT2D eigenvalue weighted by atomic mass is 16.5. The van der Waals surface area contributed by atoms with Crippen molar-refractivity contribution in [3.63, 3.8) is 0 Å². The molecular formula is C24H26N2O5. The largest absolute Gasteiger partial charge is 0.459 e. The summed E-state index contributed by atoms with van der Waals surface area (Å²) in [7, 11) is 0.